The molecule has 0 fully saturated rings. The van der Waals surface area contributed by atoms with Gasteiger partial charge in [0.1, 0.15) is 0 Å². The molecule has 1 aromatic carbocycles. The second-order valence-corrected chi connectivity index (χ2v) is 5.68. The van der Waals surface area contributed by atoms with E-state index in [1.54, 1.807) is 12.5 Å². The van der Waals surface area contributed by atoms with Crippen LogP contribution in [-0.4, -0.2) is 14.5 Å². The van der Waals surface area contributed by atoms with Gasteiger partial charge in [0.25, 0.3) is 0 Å². The molecule has 0 aliphatic heterocycles. The fourth-order valence-corrected chi connectivity index (χ4v) is 2.71. The molecule has 1 unspecified atom stereocenters. The summed E-state index contributed by atoms with van der Waals surface area (Å²) in [5.74, 6) is 0. The van der Waals surface area contributed by atoms with Crippen molar-refractivity contribution < 1.29 is 0 Å². The van der Waals surface area contributed by atoms with Crippen molar-refractivity contribution in [1.82, 2.24) is 19.9 Å². The summed E-state index contributed by atoms with van der Waals surface area (Å²) < 4.78 is 1.97. The zero-order valence-electron chi connectivity index (χ0n) is 11.6. The lowest BCUT2D eigenvalue weighted by atomic mass is 10.1. The molecule has 2 heterocycles. The summed E-state index contributed by atoms with van der Waals surface area (Å²) in [7, 11) is 0. The van der Waals surface area contributed by atoms with Gasteiger partial charge in [-0.1, -0.05) is 23.5 Å². The second kappa shape index (κ2) is 6.07. The van der Waals surface area contributed by atoms with E-state index in [0.717, 1.165) is 11.4 Å². The highest BCUT2D eigenvalue weighted by Crippen LogP contribution is 2.16. The van der Waals surface area contributed by atoms with Gasteiger partial charge in [-0.3, -0.25) is 4.79 Å². The van der Waals surface area contributed by atoms with Crippen LogP contribution in [0.15, 0.2) is 53.2 Å². The first kappa shape index (κ1) is 13.8. The Balaban J connectivity index is 1.64. The molecule has 2 N–H and O–H groups in total. The van der Waals surface area contributed by atoms with E-state index in [2.05, 4.69) is 46.5 Å². The van der Waals surface area contributed by atoms with E-state index in [0.29, 0.717) is 6.54 Å². The number of H-pyrrole nitrogens is 1. The highest BCUT2D eigenvalue weighted by Gasteiger charge is 2.06. The molecule has 3 rings (SSSR count). The van der Waals surface area contributed by atoms with Crippen LogP contribution >= 0.6 is 11.3 Å². The maximum Gasteiger partial charge on any atom is 0.304 e. The Bertz CT molecular complexity index is 743. The molecule has 1 atom stereocenters. The molecular formula is C15H16N4OS. The molecule has 0 bridgehead atoms. The summed E-state index contributed by atoms with van der Waals surface area (Å²) in [4.78, 5) is 17.9. The predicted octanol–water partition coefficient (Wildman–Crippen LogP) is 2.47. The van der Waals surface area contributed by atoms with Crippen LogP contribution in [0.5, 0.6) is 0 Å². The minimum atomic E-state index is -0.0101. The van der Waals surface area contributed by atoms with Crippen LogP contribution in [0.2, 0.25) is 0 Å². The molecule has 5 nitrogen and oxygen atoms in total. The van der Waals surface area contributed by atoms with Gasteiger partial charge < -0.3 is 14.9 Å². The first-order valence-electron chi connectivity index (χ1n) is 6.71. The van der Waals surface area contributed by atoms with Crippen LogP contribution < -0.4 is 10.2 Å². The number of hydrogen-bond acceptors (Lipinski definition) is 4. The summed E-state index contributed by atoms with van der Waals surface area (Å²) in [6.07, 6.45) is 5.47. The SMILES string of the molecule is CC(NCc1csc(=O)[nH]1)c1ccc(-n2ccnc2)cc1. The van der Waals surface area contributed by atoms with E-state index in [1.807, 2.05) is 16.1 Å². The molecule has 0 amide bonds. The van der Waals surface area contributed by atoms with Gasteiger partial charge in [0.05, 0.1) is 6.33 Å². The fraction of sp³-hybridized carbons (Fsp3) is 0.200. The first-order chi connectivity index (χ1) is 10.2. The number of thiazole rings is 1. The van der Waals surface area contributed by atoms with Gasteiger partial charge in [0.15, 0.2) is 0 Å². The Morgan fingerprint density at radius 2 is 2.19 bits per heavy atom. The van der Waals surface area contributed by atoms with Gasteiger partial charge in [-0.25, -0.2) is 4.98 Å². The third-order valence-electron chi connectivity index (χ3n) is 3.37. The third-order valence-corrected chi connectivity index (χ3v) is 4.08. The van der Waals surface area contributed by atoms with Gasteiger partial charge >= 0.3 is 4.87 Å². The van der Waals surface area contributed by atoms with Crippen LogP contribution in [0.1, 0.15) is 24.2 Å². The van der Waals surface area contributed by atoms with Gasteiger partial charge in [0.2, 0.25) is 0 Å². The molecule has 3 aromatic rings. The van der Waals surface area contributed by atoms with Gasteiger partial charge in [-0.05, 0) is 24.6 Å². The van der Waals surface area contributed by atoms with E-state index < -0.39 is 0 Å². The normalized spacial score (nSPS) is 12.4. The number of aromatic nitrogens is 3. The second-order valence-electron chi connectivity index (χ2n) is 4.84. The minimum absolute atomic E-state index is 0.0101. The lowest BCUT2D eigenvalue weighted by molar-refractivity contribution is 0.568. The summed E-state index contributed by atoms with van der Waals surface area (Å²) in [5.41, 5.74) is 3.22. The number of nitrogens with zero attached hydrogens (tertiary/aromatic N) is 2. The maximum atomic E-state index is 11.1. The lowest BCUT2D eigenvalue weighted by Crippen LogP contribution is -2.18. The average Bonchev–Trinajstić information content (AvgIpc) is 3.16. The maximum absolute atomic E-state index is 11.1. The Morgan fingerprint density at radius 3 is 2.81 bits per heavy atom. The molecule has 6 heteroatoms. The van der Waals surface area contributed by atoms with Gasteiger partial charge in [-0.2, -0.15) is 0 Å². The number of hydrogen-bond donors (Lipinski definition) is 2. The van der Waals surface area contributed by atoms with E-state index in [4.69, 9.17) is 0 Å². The van der Waals surface area contributed by atoms with Crippen molar-refractivity contribution in [3.05, 3.63) is 69.3 Å². The Labute approximate surface area is 126 Å². The molecule has 0 spiro atoms. The highest BCUT2D eigenvalue weighted by atomic mass is 32.1. The largest absolute Gasteiger partial charge is 0.315 e. The van der Waals surface area contributed by atoms with Gasteiger partial charge in [0, 0.05) is 41.7 Å². The third kappa shape index (κ3) is 3.29. The standard InChI is InChI=1S/C15H16N4OS/c1-11(17-8-13-9-21-15(20)18-13)12-2-4-14(5-3-12)19-7-6-16-10-19/h2-7,9-11,17H,8H2,1H3,(H,18,20). The molecule has 0 saturated heterocycles. The van der Waals surface area contributed by atoms with Crippen molar-refractivity contribution in [2.75, 3.05) is 0 Å². The van der Waals surface area contributed by atoms with Crippen molar-refractivity contribution in [1.29, 1.82) is 0 Å². The summed E-state index contributed by atoms with van der Waals surface area (Å²) >= 11 is 1.19. The number of imidazole rings is 1. The van der Waals surface area contributed by atoms with Crippen LogP contribution in [-0.2, 0) is 6.54 Å². The lowest BCUT2D eigenvalue weighted by Gasteiger charge is -2.14. The van der Waals surface area contributed by atoms with E-state index >= 15 is 0 Å². The Kier molecular flexibility index (Phi) is 3.98. The molecule has 0 aliphatic carbocycles. The Morgan fingerprint density at radius 1 is 1.38 bits per heavy atom. The van der Waals surface area contributed by atoms with Crippen LogP contribution in [0.25, 0.3) is 5.69 Å². The topological polar surface area (TPSA) is 62.7 Å². The van der Waals surface area contributed by atoms with E-state index in [-0.39, 0.29) is 10.9 Å². The van der Waals surface area contributed by atoms with Crippen LogP contribution in [0.4, 0.5) is 0 Å². The first-order valence-corrected chi connectivity index (χ1v) is 7.59. The van der Waals surface area contributed by atoms with Crippen LogP contribution in [0.3, 0.4) is 0 Å². The monoisotopic (exact) mass is 300 g/mol. The summed E-state index contributed by atoms with van der Waals surface area (Å²) in [6, 6.07) is 8.56. The fourth-order valence-electron chi connectivity index (χ4n) is 2.13. The molecule has 108 valence electrons. The van der Waals surface area contributed by atoms with Crippen molar-refractivity contribution in [2.24, 2.45) is 0 Å². The van der Waals surface area contributed by atoms with Crippen molar-refractivity contribution in [3.8, 4) is 5.69 Å². The van der Waals surface area contributed by atoms with Crippen molar-refractivity contribution in [2.45, 2.75) is 19.5 Å². The Hall–Kier alpha value is -2.18. The number of rotatable bonds is 5. The van der Waals surface area contributed by atoms with Gasteiger partial charge in [-0.15, -0.1) is 0 Å². The van der Waals surface area contributed by atoms with Crippen molar-refractivity contribution >= 4 is 11.3 Å². The smallest absolute Gasteiger partial charge is 0.304 e. The molecule has 0 aliphatic rings. The highest BCUT2D eigenvalue weighted by molar-refractivity contribution is 7.07. The van der Waals surface area contributed by atoms with Crippen LogP contribution in [0, 0.1) is 0 Å². The number of benzene rings is 1. The zero-order valence-corrected chi connectivity index (χ0v) is 12.4. The quantitative estimate of drug-likeness (QED) is 0.761. The zero-order chi connectivity index (χ0) is 14.7. The van der Waals surface area contributed by atoms with Crippen molar-refractivity contribution in [3.63, 3.8) is 0 Å². The average molecular weight is 300 g/mol. The molecule has 0 radical (unpaired) electrons. The molecular weight excluding hydrogens is 284 g/mol. The number of nitrogens with one attached hydrogen (secondary N) is 2. The van der Waals surface area contributed by atoms with E-state index in [1.165, 1.54) is 16.9 Å². The van der Waals surface area contributed by atoms with E-state index in [9.17, 15) is 4.79 Å². The predicted molar refractivity (Wildman–Crippen MR) is 83.8 cm³/mol. The molecule has 21 heavy (non-hydrogen) atoms. The molecule has 0 saturated carbocycles. The summed E-state index contributed by atoms with van der Waals surface area (Å²) in [6.45, 7) is 2.76. The number of aromatic amines is 1. The minimum Gasteiger partial charge on any atom is -0.315 e. The summed E-state index contributed by atoms with van der Waals surface area (Å²) in [5, 5.41) is 5.25. The molecule has 2 aromatic heterocycles.